The largest absolute Gasteiger partial charge is 0.491 e. The van der Waals surface area contributed by atoms with Gasteiger partial charge in [-0.3, -0.25) is 15.1 Å². The number of carbonyl (C=O) groups excluding carboxylic acids is 1. The molecular formula is C28H29ClN4O4S. The number of aliphatic hydroxyl groups is 1. The molecule has 1 atom stereocenters. The van der Waals surface area contributed by atoms with Crippen LogP contribution in [0.3, 0.4) is 0 Å². The van der Waals surface area contributed by atoms with E-state index >= 15 is 0 Å². The van der Waals surface area contributed by atoms with E-state index in [1.165, 1.54) is 0 Å². The molecule has 1 aromatic heterocycles. The monoisotopic (exact) mass is 552 g/mol. The number of β-amino-alcohol motifs (C(OH)–C–C–N with tert-alkyl or cyclic N) is 1. The molecule has 1 amide bonds. The van der Waals surface area contributed by atoms with Crippen molar-refractivity contribution in [1.29, 1.82) is 0 Å². The van der Waals surface area contributed by atoms with E-state index in [1.54, 1.807) is 59.9 Å². The number of hydrazine groups is 1. The first kappa shape index (κ1) is 26.4. The average molecular weight is 553 g/mol. The Balaban J connectivity index is 1.03. The Kier molecular flexibility index (Phi) is 8.41. The van der Waals surface area contributed by atoms with Crippen LogP contribution >= 0.6 is 22.9 Å². The van der Waals surface area contributed by atoms with Gasteiger partial charge in [-0.1, -0.05) is 11.6 Å². The van der Waals surface area contributed by atoms with Gasteiger partial charge < -0.3 is 14.6 Å². The highest BCUT2D eigenvalue weighted by molar-refractivity contribution is 7.18. The van der Waals surface area contributed by atoms with E-state index in [9.17, 15) is 9.90 Å². The van der Waals surface area contributed by atoms with E-state index in [1.807, 2.05) is 30.1 Å². The van der Waals surface area contributed by atoms with Gasteiger partial charge in [-0.2, -0.15) is 0 Å². The van der Waals surface area contributed by atoms with Gasteiger partial charge >= 0.3 is 0 Å². The molecule has 0 radical (unpaired) electrons. The third-order valence-corrected chi connectivity index (χ3v) is 7.38. The predicted octanol–water partition coefficient (Wildman–Crippen LogP) is 4.75. The Morgan fingerprint density at radius 3 is 2.39 bits per heavy atom. The van der Waals surface area contributed by atoms with E-state index in [0.717, 1.165) is 28.3 Å². The highest BCUT2D eigenvalue weighted by Gasteiger charge is 2.21. The maximum atomic E-state index is 12.7. The molecular weight excluding hydrogens is 524 g/mol. The smallest absolute Gasteiger partial charge is 0.265 e. The number of hydrogen-bond donors (Lipinski definition) is 2. The van der Waals surface area contributed by atoms with Crippen LogP contribution in [0, 0.1) is 6.92 Å². The number of amides is 1. The van der Waals surface area contributed by atoms with Crippen molar-refractivity contribution in [2.45, 2.75) is 13.0 Å². The van der Waals surface area contributed by atoms with Crippen molar-refractivity contribution in [3.05, 3.63) is 82.3 Å². The minimum Gasteiger partial charge on any atom is -0.491 e. The van der Waals surface area contributed by atoms with E-state index in [4.69, 9.17) is 21.1 Å². The highest BCUT2D eigenvalue weighted by atomic mass is 35.5. The molecule has 3 aromatic carbocycles. The van der Waals surface area contributed by atoms with Crippen LogP contribution in [-0.2, 0) is 0 Å². The second-order valence-corrected chi connectivity index (χ2v) is 10.8. The van der Waals surface area contributed by atoms with Gasteiger partial charge in [0.25, 0.3) is 5.91 Å². The van der Waals surface area contributed by atoms with Crippen molar-refractivity contribution in [1.82, 2.24) is 20.3 Å². The molecule has 0 unspecified atom stereocenters. The Bertz CT molecular complexity index is 1370. The number of carbonyl (C=O) groups is 1. The van der Waals surface area contributed by atoms with E-state index in [-0.39, 0.29) is 12.5 Å². The quantitative estimate of drug-likeness (QED) is 0.310. The summed E-state index contributed by atoms with van der Waals surface area (Å²) in [6.45, 7) is 5.49. The number of nitrogens with zero attached hydrogens (tertiary/aromatic N) is 3. The summed E-state index contributed by atoms with van der Waals surface area (Å²) in [6.07, 6.45) is -0.613. The molecule has 5 rings (SSSR count). The molecule has 1 aliphatic heterocycles. The fourth-order valence-corrected chi connectivity index (χ4v) is 5.15. The normalized spacial score (nSPS) is 15.3. The molecule has 1 saturated heterocycles. The standard InChI is InChI=1S/C28H29ClN4O4S/c1-19-30-26-16-25(10-11-27(26)38-19)36-18-22(34)17-32-12-14-33(15-13-32)31-28(35)20-2-6-23(7-3-20)37-24-8-4-21(29)5-9-24/h2-11,16,22,34H,12-15,17-18H2,1H3,(H,31,35)/t22-/m1/s1. The van der Waals surface area contributed by atoms with Gasteiger partial charge in [0.1, 0.15) is 30.0 Å². The summed E-state index contributed by atoms with van der Waals surface area (Å²) in [5, 5.41) is 14.1. The summed E-state index contributed by atoms with van der Waals surface area (Å²) in [5.41, 5.74) is 4.43. The zero-order chi connectivity index (χ0) is 26.5. The minimum atomic E-state index is -0.613. The van der Waals surface area contributed by atoms with Gasteiger partial charge in [0.05, 0.1) is 15.2 Å². The fourth-order valence-electron chi connectivity index (χ4n) is 4.22. The lowest BCUT2D eigenvalue weighted by atomic mass is 10.2. The van der Waals surface area contributed by atoms with Gasteiger partial charge in [-0.15, -0.1) is 11.3 Å². The average Bonchev–Trinajstić information content (AvgIpc) is 3.29. The lowest BCUT2D eigenvalue weighted by molar-refractivity contribution is 0.0317. The van der Waals surface area contributed by atoms with Gasteiger partial charge in [-0.25, -0.2) is 9.99 Å². The van der Waals surface area contributed by atoms with E-state index in [2.05, 4.69) is 15.3 Å². The summed E-state index contributed by atoms with van der Waals surface area (Å²) in [5.74, 6) is 1.85. The third-order valence-electron chi connectivity index (χ3n) is 6.18. The maximum absolute atomic E-state index is 12.7. The fraction of sp³-hybridized carbons (Fsp3) is 0.286. The summed E-state index contributed by atoms with van der Waals surface area (Å²) in [4.78, 5) is 19.4. The Labute approximate surface area is 230 Å². The van der Waals surface area contributed by atoms with Crippen molar-refractivity contribution >= 4 is 39.1 Å². The number of benzene rings is 3. The second-order valence-electron chi connectivity index (χ2n) is 9.14. The summed E-state index contributed by atoms with van der Waals surface area (Å²) in [6, 6.07) is 19.9. The first-order valence-corrected chi connectivity index (χ1v) is 13.6. The molecule has 1 fully saturated rings. The number of halogens is 1. The Morgan fingerprint density at radius 2 is 1.68 bits per heavy atom. The van der Waals surface area contributed by atoms with Crippen LogP contribution in [0.1, 0.15) is 15.4 Å². The number of aryl methyl sites for hydroxylation is 1. The predicted molar refractivity (Wildman–Crippen MR) is 149 cm³/mol. The zero-order valence-corrected chi connectivity index (χ0v) is 22.5. The van der Waals surface area contributed by atoms with Gasteiger partial charge in [0, 0.05) is 49.4 Å². The van der Waals surface area contributed by atoms with Crippen LogP contribution in [0.4, 0.5) is 0 Å². The molecule has 198 valence electrons. The molecule has 10 heteroatoms. The van der Waals surface area contributed by atoms with Crippen molar-refractivity contribution in [2.24, 2.45) is 0 Å². The molecule has 1 aliphatic rings. The SMILES string of the molecule is Cc1nc2cc(OC[C@H](O)CN3CCN(NC(=O)c4ccc(Oc5ccc(Cl)cc5)cc4)CC3)ccc2s1. The first-order chi connectivity index (χ1) is 18.4. The summed E-state index contributed by atoms with van der Waals surface area (Å²) < 4.78 is 12.7. The molecule has 2 heterocycles. The number of nitrogens with one attached hydrogen (secondary N) is 1. The van der Waals surface area contributed by atoms with Crippen LogP contribution in [0.15, 0.2) is 66.7 Å². The molecule has 4 aromatic rings. The van der Waals surface area contributed by atoms with Gasteiger partial charge in [0.15, 0.2) is 0 Å². The first-order valence-electron chi connectivity index (χ1n) is 12.4. The highest BCUT2D eigenvalue weighted by Crippen LogP contribution is 2.26. The van der Waals surface area contributed by atoms with Crippen molar-refractivity contribution in [3.63, 3.8) is 0 Å². The van der Waals surface area contributed by atoms with Crippen LogP contribution in [0.5, 0.6) is 17.2 Å². The lowest BCUT2D eigenvalue weighted by Crippen LogP contribution is -2.54. The second kappa shape index (κ2) is 12.1. The number of thiazole rings is 1. The molecule has 38 heavy (non-hydrogen) atoms. The number of ether oxygens (including phenoxy) is 2. The minimum absolute atomic E-state index is 0.169. The Morgan fingerprint density at radius 1 is 1.03 bits per heavy atom. The number of hydrogen-bond acceptors (Lipinski definition) is 8. The topological polar surface area (TPSA) is 87.2 Å². The van der Waals surface area contributed by atoms with Crippen molar-refractivity contribution in [3.8, 4) is 17.2 Å². The van der Waals surface area contributed by atoms with Crippen LogP contribution in [0.2, 0.25) is 5.02 Å². The van der Waals surface area contributed by atoms with E-state index in [0.29, 0.717) is 47.5 Å². The number of rotatable bonds is 9. The number of aromatic nitrogens is 1. The number of fused-ring (bicyclic) bond motifs is 1. The van der Waals surface area contributed by atoms with E-state index < -0.39 is 6.10 Å². The number of piperazine rings is 1. The van der Waals surface area contributed by atoms with Crippen LogP contribution in [-0.4, -0.2) is 71.3 Å². The van der Waals surface area contributed by atoms with Crippen LogP contribution < -0.4 is 14.9 Å². The molecule has 0 spiro atoms. The molecule has 0 bridgehead atoms. The lowest BCUT2D eigenvalue weighted by Gasteiger charge is -2.35. The summed E-state index contributed by atoms with van der Waals surface area (Å²) in [7, 11) is 0. The number of aliphatic hydroxyl groups excluding tert-OH is 1. The molecule has 2 N–H and O–H groups in total. The molecule has 0 aliphatic carbocycles. The third kappa shape index (κ3) is 7.00. The Hall–Kier alpha value is -3.21. The zero-order valence-electron chi connectivity index (χ0n) is 21.0. The van der Waals surface area contributed by atoms with Crippen molar-refractivity contribution < 1.29 is 19.4 Å². The van der Waals surface area contributed by atoms with Crippen molar-refractivity contribution in [2.75, 3.05) is 39.3 Å². The molecule has 8 nitrogen and oxygen atoms in total. The van der Waals surface area contributed by atoms with Gasteiger partial charge in [0.2, 0.25) is 0 Å². The molecule has 0 saturated carbocycles. The maximum Gasteiger partial charge on any atom is 0.265 e. The summed E-state index contributed by atoms with van der Waals surface area (Å²) >= 11 is 7.56. The van der Waals surface area contributed by atoms with Gasteiger partial charge in [-0.05, 0) is 67.6 Å². The van der Waals surface area contributed by atoms with Crippen LogP contribution in [0.25, 0.3) is 10.2 Å².